The predicted molar refractivity (Wildman–Crippen MR) is 82.6 cm³/mol. The van der Waals surface area contributed by atoms with Crippen LogP contribution in [0.1, 0.15) is 52.1 Å². The lowest BCUT2D eigenvalue weighted by Gasteiger charge is -2.44. The zero-order valence-corrected chi connectivity index (χ0v) is 13.3. The Morgan fingerprint density at radius 2 is 2.14 bits per heavy atom. The van der Waals surface area contributed by atoms with Crippen molar-refractivity contribution in [3.63, 3.8) is 0 Å². The van der Waals surface area contributed by atoms with Gasteiger partial charge in [-0.2, -0.15) is 0 Å². The molecule has 1 N–H and O–H groups in total. The first-order chi connectivity index (χ1) is 9.84. The van der Waals surface area contributed by atoms with Gasteiger partial charge in [0, 0.05) is 24.1 Å². The van der Waals surface area contributed by atoms with Crippen molar-refractivity contribution >= 4 is 5.97 Å². The molecule has 1 aliphatic rings. The number of aliphatic carboxylic acids is 1. The minimum absolute atomic E-state index is 0.000504. The molecule has 0 saturated carbocycles. The van der Waals surface area contributed by atoms with Crippen molar-refractivity contribution in [3.8, 4) is 5.75 Å². The fourth-order valence-electron chi connectivity index (χ4n) is 3.27. The van der Waals surface area contributed by atoms with Gasteiger partial charge >= 0.3 is 5.97 Å². The summed E-state index contributed by atoms with van der Waals surface area (Å²) in [4.78, 5) is 13.3. The lowest BCUT2D eigenvalue weighted by Crippen LogP contribution is -2.45. The van der Waals surface area contributed by atoms with Crippen LogP contribution < -0.4 is 4.74 Å². The van der Waals surface area contributed by atoms with Crippen molar-refractivity contribution in [3.05, 3.63) is 29.8 Å². The first kappa shape index (κ1) is 15.8. The molecule has 4 heteroatoms. The average molecular weight is 291 g/mol. The van der Waals surface area contributed by atoms with Crippen molar-refractivity contribution < 1.29 is 14.6 Å². The molecule has 0 spiro atoms. The number of ether oxygens (including phenoxy) is 1. The highest BCUT2D eigenvalue weighted by Crippen LogP contribution is 2.43. The van der Waals surface area contributed by atoms with Gasteiger partial charge < -0.3 is 9.84 Å². The SMILES string of the molecule is CCN(C(C)CC(=O)O)C1CC(C)(C)Oc2ccccc21. The van der Waals surface area contributed by atoms with Crippen molar-refractivity contribution in [2.75, 3.05) is 6.54 Å². The second-order valence-corrected chi connectivity index (χ2v) is 6.40. The van der Waals surface area contributed by atoms with E-state index in [-0.39, 0.29) is 24.1 Å². The summed E-state index contributed by atoms with van der Waals surface area (Å²) in [6, 6.07) is 8.28. The second-order valence-electron chi connectivity index (χ2n) is 6.40. The largest absolute Gasteiger partial charge is 0.487 e. The molecule has 2 rings (SSSR count). The van der Waals surface area contributed by atoms with Gasteiger partial charge in [-0.05, 0) is 33.4 Å². The Kier molecular flexibility index (Phi) is 4.57. The quantitative estimate of drug-likeness (QED) is 0.902. The molecule has 2 unspecified atom stereocenters. The van der Waals surface area contributed by atoms with Crippen LogP contribution in [0.25, 0.3) is 0 Å². The van der Waals surface area contributed by atoms with Crippen LogP contribution in [0.15, 0.2) is 24.3 Å². The van der Waals surface area contributed by atoms with E-state index in [1.165, 1.54) is 0 Å². The van der Waals surface area contributed by atoms with Crippen molar-refractivity contribution in [2.45, 2.75) is 58.2 Å². The van der Waals surface area contributed by atoms with Crippen LogP contribution in [0, 0.1) is 0 Å². The van der Waals surface area contributed by atoms with Crippen LogP contribution >= 0.6 is 0 Å². The molecule has 1 heterocycles. The molecule has 0 aromatic heterocycles. The molecule has 0 fully saturated rings. The number of hydrogen-bond donors (Lipinski definition) is 1. The lowest BCUT2D eigenvalue weighted by molar-refractivity contribution is -0.138. The van der Waals surface area contributed by atoms with Crippen LogP contribution in [0.2, 0.25) is 0 Å². The number of para-hydroxylation sites is 1. The third-order valence-electron chi connectivity index (χ3n) is 4.15. The predicted octanol–water partition coefficient (Wildman–Crippen LogP) is 3.47. The summed E-state index contributed by atoms with van der Waals surface area (Å²) in [7, 11) is 0. The van der Waals surface area contributed by atoms with Crippen molar-refractivity contribution in [1.29, 1.82) is 0 Å². The first-order valence-electron chi connectivity index (χ1n) is 7.59. The Morgan fingerprint density at radius 3 is 2.76 bits per heavy atom. The van der Waals surface area contributed by atoms with E-state index in [9.17, 15) is 4.79 Å². The molecular weight excluding hydrogens is 266 g/mol. The standard InChI is InChI=1S/C17H25NO3/c1-5-18(12(2)10-16(19)20)14-11-17(3,4)21-15-9-7-6-8-13(14)15/h6-9,12,14H,5,10-11H2,1-4H3,(H,19,20). The minimum Gasteiger partial charge on any atom is -0.487 e. The summed E-state index contributed by atoms with van der Waals surface area (Å²) in [6.45, 7) is 9.08. The highest BCUT2D eigenvalue weighted by atomic mass is 16.5. The number of hydrogen-bond acceptors (Lipinski definition) is 3. The molecule has 0 amide bonds. The van der Waals surface area contributed by atoms with Crippen LogP contribution in [0.4, 0.5) is 0 Å². The number of carbonyl (C=O) groups is 1. The van der Waals surface area contributed by atoms with Crippen LogP contribution in [0.3, 0.4) is 0 Å². The maximum Gasteiger partial charge on any atom is 0.304 e. The monoisotopic (exact) mass is 291 g/mol. The summed E-state index contributed by atoms with van der Waals surface area (Å²) >= 11 is 0. The molecule has 1 aliphatic heterocycles. The summed E-state index contributed by atoms with van der Waals surface area (Å²) in [5.74, 6) is 0.167. The van der Waals surface area contributed by atoms with Gasteiger partial charge in [0.15, 0.2) is 0 Å². The average Bonchev–Trinajstić information content (AvgIpc) is 2.37. The molecule has 1 aromatic rings. The second kappa shape index (κ2) is 6.06. The van der Waals surface area contributed by atoms with E-state index in [1.807, 2.05) is 25.1 Å². The maximum absolute atomic E-state index is 11.0. The summed E-state index contributed by atoms with van der Waals surface area (Å²) in [5.41, 5.74) is 0.922. The van der Waals surface area contributed by atoms with Crippen LogP contribution in [-0.2, 0) is 4.79 Å². The van der Waals surface area contributed by atoms with E-state index in [0.29, 0.717) is 0 Å². The minimum atomic E-state index is -0.749. The van der Waals surface area contributed by atoms with Crippen molar-refractivity contribution in [2.24, 2.45) is 0 Å². The van der Waals surface area contributed by atoms with E-state index in [2.05, 4.69) is 31.7 Å². The molecule has 0 bridgehead atoms. The molecule has 21 heavy (non-hydrogen) atoms. The van der Waals surface area contributed by atoms with E-state index >= 15 is 0 Å². The summed E-state index contributed by atoms with van der Waals surface area (Å²) < 4.78 is 6.06. The van der Waals surface area contributed by atoms with Gasteiger partial charge in [-0.25, -0.2) is 0 Å². The Bertz CT molecular complexity index is 513. The number of carboxylic acid groups (broad SMARTS) is 1. The normalized spacial score (nSPS) is 21.5. The van der Waals surface area contributed by atoms with E-state index in [1.54, 1.807) is 0 Å². The molecule has 0 aliphatic carbocycles. The molecule has 116 valence electrons. The number of fused-ring (bicyclic) bond motifs is 1. The van der Waals surface area contributed by atoms with Gasteiger partial charge in [0.1, 0.15) is 11.4 Å². The Morgan fingerprint density at radius 1 is 1.48 bits per heavy atom. The smallest absolute Gasteiger partial charge is 0.304 e. The Balaban J connectivity index is 2.34. The van der Waals surface area contributed by atoms with Gasteiger partial charge in [-0.3, -0.25) is 9.69 Å². The van der Waals surface area contributed by atoms with E-state index in [0.717, 1.165) is 24.3 Å². The van der Waals surface area contributed by atoms with Gasteiger partial charge in [-0.15, -0.1) is 0 Å². The molecule has 0 radical (unpaired) electrons. The number of nitrogens with zero attached hydrogens (tertiary/aromatic N) is 1. The number of benzene rings is 1. The summed E-state index contributed by atoms with van der Waals surface area (Å²) in [5, 5.41) is 9.07. The third-order valence-corrected chi connectivity index (χ3v) is 4.15. The fraction of sp³-hybridized carbons (Fsp3) is 0.588. The topological polar surface area (TPSA) is 49.8 Å². The molecule has 0 saturated heterocycles. The molecule has 2 atom stereocenters. The lowest BCUT2D eigenvalue weighted by atomic mass is 9.87. The van der Waals surface area contributed by atoms with Gasteiger partial charge in [0.25, 0.3) is 0 Å². The first-order valence-corrected chi connectivity index (χ1v) is 7.59. The fourth-order valence-corrected chi connectivity index (χ4v) is 3.27. The Labute approximate surface area is 126 Å². The zero-order valence-electron chi connectivity index (χ0n) is 13.3. The number of rotatable bonds is 5. The maximum atomic E-state index is 11.0. The molecule has 1 aromatic carbocycles. The van der Waals surface area contributed by atoms with Gasteiger partial charge in [0.05, 0.1) is 6.42 Å². The molecule has 4 nitrogen and oxygen atoms in total. The Hall–Kier alpha value is -1.55. The van der Waals surface area contributed by atoms with Crippen LogP contribution in [0.5, 0.6) is 5.75 Å². The summed E-state index contributed by atoms with van der Waals surface area (Å²) in [6.07, 6.45) is 1.02. The third kappa shape index (κ3) is 3.56. The highest BCUT2D eigenvalue weighted by molar-refractivity contribution is 5.67. The van der Waals surface area contributed by atoms with Gasteiger partial charge in [0.2, 0.25) is 0 Å². The molecular formula is C17H25NO3. The highest BCUT2D eigenvalue weighted by Gasteiger charge is 2.37. The van der Waals surface area contributed by atoms with Crippen LogP contribution in [-0.4, -0.2) is 34.2 Å². The van der Waals surface area contributed by atoms with Gasteiger partial charge in [-0.1, -0.05) is 25.1 Å². The van der Waals surface area contributed by atoms with Crippen molar-refractivity contribution in [1.82, 2.24) is 4.90 Å². The van der Waals surface area contributed by atoms with E-state index in [4.69, 9.17) is 9.84 Å². The zero-order chi connectivity index (χ0) is 15.6. The van der Waals surface area contributed by atoms with E-state index < -0.39 is 5.97 Å². The number of carboxylic acids is 1.